The Morgan fingerprint density at radius 3 is 3.06 bits per heavy atom. The lowest BCUT2D eigenvalue weighted by Crippen LogP contribution is -2.06. The second-order valence-corrected chi connectivity index (χ2v) is 3.17. The highest BCUT2D eigenvalue weighted by atomic mass is 16.6. The minimum Gasteiger partial charge on any atom is -0.369 e. The maximum absolute atomic E-state index is 10.5. The molecule has 8 heteroatoms. The zero-order valence-corrected chi connectivity index (χ0v) is 8.74. The van der Waals surface area contributed by atoms with E-state index in [1.807, 2.05) is 0 Å². The van der Waals surface area contributed by atoms with Crippen LogP contribution >= 0.6 is 0 Å². The molecular formula is C9H9N5O3. The number of hydrogen-bond donors (Lipinski definition) is 1. The molecule has 2 aromatic heterocycles. The maximum atomic E-state index is 10.5. The molecule has 8 nitrogen and oxygen atoms in total. The number of rotatable bonds is 5. The first-order valence-electron chi connectivity index (χ1n) is 4.85. The van der Waals surface area contributed by atoms with Crippen molar-refractivity contribution in [2.45, 2.75) is 6.42 Å². The molecule has 0 fully saturated rings. The predicted molar refractivity (Wildman–Crippen MR) is 57.4 cm³/mol. The highest BCUT2D eigenvalue weighted by molar-refractivity contribution is 5.44. The van der Waals surface area contributed by atoms with Crippen molar-refractivity contribution < 1.29 is 9.45 Å². The van der Waals surface area contributed by atoms with Crippen LogP contribution in [0.1, 0.15) is 5.89 Å². The lowest BCUT2D eigenvalue weighted by atomic mass is 10.3. The average molecular weight is 235 g/mol. The Morgan fingerprint density at radius 1 is 1.47 bits per heavy atom. The maximum Gasteiger partial charge on any atom is 0.274 e. The summed E-state index contributed by atoms with van der Waals surface area (Å²) in [6.07, 6.45) is 3.23. The van der Waals surface area contributed by atoms with Gasteiger partial charge >= 0.3 is 0 Å². The molecule has 2 rings (SSSR count). The van der Waals surface area contributed by atoms with E-state index in [0.717, 1.165) is 0 Å². The number of anilines is 1. The topological polar surface area (TPSA) is 107 Å². The van der Waals surface area contributed by atoms with Gasteiger partial charge in [-0.2, -0.15) is 4.98 Å². The summed E-state index contributed by atoms with van der Waals surface area (Å²) in [6.45, 7) is 0.510. The Morgan fingerprint density at radius 2 is 2.35 bits per heavy atom. The fourth-order valence-corrected chi connectivity index (χ4v) is 1.23. The molecule has 2 aromatic rings. The van der Waals surface area contributed by atoms with Crippen molar-refractivity contribution >= 4 is 11.5 Å². The lowest BCUT2D eigenvalue weighted by Gasteiger charge is -2.02. The van der Waals surface area contributed by atoms with Gasteiger partial charge in [-0.1, -0.05) is 5.16 Å². The molecule has 88 valence electrons. The summed E-state index contributed by atoms with van der Waals surface area (Å²) in [5.74, 6) is 0.946. The van der Waals surface area contributed by atoms with Crippen LogP contribution in [0.25, 0.3) is 0 Å². The third-order valence-corrected chi connectivity index (χ3v) is 2.01. The van der Waals surface area contributed by atoms with Crippen LogP contribution in [0, 0.1) is 10.1 Å². The van der Waals surface area contributed by atoms with E-state index in [-0.39, 0.29) is 5.69 Å². The van der Waals surface area contributed by atoms with Crippen molar-refractivity contribution in [1.29, 1.82) is 0 Å². The molecule has 2 heterocycles. The van der Waals surface area contributed by atoms with E-state index >= 15 is 0 Å². The summed E-state index contributed by atoms with van der Waals surface area (Å²) in [7, 11) is 0. The van der Waals surface area contributed by atoms with Gasteiger partial charge in [0.05, 0.1) is 11.0 Å². The van der Waals surface area contributed by atoms with Crippen LogP contribution in [-0.4, -0.2) is 26.6 Å². The first kappa shape index (κ1) is 11.0. The summed E-state index contributed by atoms with van der Waals surface area (Å²) in [5.41, 5.74) is 0.000269. The summed E-state index contributed by atoms with van der Waals surface area (Å²) < 4.78 is 4.80. The zero-order valence-electron chi connectivity index (χ0n) is 8.74. The Bertz CT molecular complexity index is 499. The molecule has 0 saturated carbocycles. The van der Waals surface area contributed by atoms with Crippen LogP contribution in [0.2, 0.25) is 0 Å². The standard InChI is InChI=1S/C9H9N5O3/c15-14(16)7-1-3-10-8(5-7)11-4-2-9-12-6-13-17-9/h1,3,5-6H,2,4H2,(H,10,11). The fourth-order valence-electron chi connectivity index (χ4n) is 1.23. The van der Waals surface area contributed by atoms with E-state index in [4.69, 9.17) is 4.52 Å². The number of nitro groups is 1. The van der Waals surface area contributed by atoms with Crippen LogP contribution in [-0.2, 0) is 6.42 Å². The van der Waals surface area contributed by atoms with Gasteiger partial charge in [-0.15, -0.1) is 0 Å². The SMILES string of the molecule is O=[N+]([O-])c1ccnc(NCCc2ncno2)c1. The predicted octanol–water partition coefficient (Wildman–Crippen LogP) is 1.03. The molecule has 0 aromatic carbocycles. The molecular weight excluding hydrogens is 226 g/mol. The molecule has 1 N–H and O–H groups in total. The van der Waals surface area contributed by atoms with Gasteiger partial charge in [-0.05, 0) is 0 Å². The van der Waals surface area contributed by atoms with E-state index in [1.165, 1.54) is 24.7 Å². The summed E-state index contributed by atoms with van der Waals surface area (Å²) in [6, 6.07) is 2.71. The van der Waals surface area contributed by atoms with E-state index in [2.05, 4.69) is 20.4 Å². The van der Waals surface area contributed by atoms with Gasteiger partial charge in [0.25, 0.3) is 5.69 Å². The zero-order chi connectivity index (χ0) is 12.1. The molecule has 0 amide bonds. The number of hydrogen-bond acceptors (Lipinski definition) is 7. The third-order valence-electron chi connectivity index (χ3n) is 2.01. The van der Waals surface area contributed by atoms with E-state index in [0.29, 0.717) is 24.7 Å². The number of nitrogens with zero attached hydrogens (tertiary/aromatic N) is 4. The van der Waals surface area contributed by atoms with Crippen LogP contribution < -0.4 is 5.32 Å². The molecule has 0 spiro atoms. The smallest absolute Gasteiger partial charge is 0.274 e. The molecule has 0 aliphatic heterocycles. The van der Waals surface area contributed by atoms with Gasteiger partial charge in [-0.3, -0.25) is 10.1 Å². The third kappa shape index (κ3) is 2.97. The lowest BCUT2D eigenvalue weighted by molar-refractivity contribution is -0.384. The van der Waals surface area contributed by atoms with E-state index in [9.17, 15) is 10.1 Å². The van der Waals surface area contributed by atoms with Crippen LogP contribution in [0.4, 0.5) is 11.5 Å². The van der Waals surface area contributed by atoms with Gasteiger partial charge in [0.2, 0.25) is 5.89 Å². The van der Waals surface area contributed by atoms with Gasteiger partial charge in [0, 0.05) is 25.2 Å². The van der Waals surface area contributed by atoms with Crippen molar-refractivity contribution in [2.24, 2.45) is 0 Å². The molecule has 17 heavy (non-hydrogen) atoms. The molecule has 0 aliphatic rings. The Balaban J connectivity index is 1.90. The highest BCUT2D eigenvalue weighted by Gasteiger charge is 2.06. The minimum atomic E-state index is -0.467. The molecule has 0 atom stereocenters. The first-order valence-corrected chi connectivity index (χ1v) is 4.85. The Hall–Kier alpha value is -2.51. The first-order chi connectivity index (χ1) is 8.25. The minimum absolute atomic E-state index is 0.000269. The van der Waals surface area contributed by atoms with Gasteiger partial charge in [0.1, 0.15) is 5.82 Å². The van der Waals surface area contributed by atoms with Crippen LogP contribution in [0.3, 0.4) is 0 Å². The molecule has 0 saturated heterocycles. The van der Waals surface area contributed by atoms with E-state index < -0.39 is 4.92 Å². The van der Waals surface area contributed by atoms with Crippen molar-refractivity contribution in [1.82, 2.24) is 15.1 Å². The summed E-state index contributed by atoms with van der Waals surface area (Å²) in [5, 5.41) is 16.9. The fraction of sp³-hybridized carbons (Fsp3) is 0.222. The molecule has 0 bridgehead atoms. The monoisotopic (exact) mass is 235 g/mol. The van der Waals surface area contributed by atoms with Gasteiger partial charge < -0.3 is 9.84 Å². The number of nitrogens with one attached hydrogen (secondary N) is 1. The Labute approximate surface area is 95.8 Å². The van der Waals surface area contributed by atoms with Crippen molar-refractivity contribution in [2.75, 3.05) is 11.9 Å². The summed E-state index contributed by atoms with van der Waals surface area (Å²) in [4.78, 5) is 17.9. The number of pyridine rings is 1. The second kappa shape index (κ2) is 5.01. The van der Waals surface area contributed by atoms with Crippen molar-refractivity contribution in [3.63, 3.8) is 0 Å². The van der Waals surface area contributed by atoms with Crippen molar-refractivity contribution in [3.8, 4) is 0 Å². The highest BCUT2D eigenvalue weighted by Crippen LogP contribution is 2.13. The van der Waals surface area contributed by atoms with Crippen LogP contribution in [0.5, 0.6) is 0 Å². The number of aromatic nitrogens is 3. The largest absolute Gasteiger partial charge is 0.369 e. The van der Waals surface area contributed by atoms with E-state index in [1.54, 1.807) is 0 Å². The molecule has 0 radical (unpaired) electrons. The Kier molecular flexibility index (Phi) is 3.24. The summed E-state index contributed by atoms with van der Waals surface area (Å²) >= 11 is 0. The molecule has 0 aliphatic carbocycles. The molecule has 0 unspecified atom stereocenters. The van der Waals surface area contributed by atoms with Gasteiger partial charge in [-0.25, -0.2) is 4.98 Å². The average Bonchev–Trinajstić information content (AvgIpc) is 2.82. The van der Waals surface area contributed by atoms with Crippen LogP contribution in [0.15, 0.2) is 29.2 Å². The van der Waals surface area contributed by atoms with Crippen molar-refractivity contribution in [3.05, 3.63) is 40.7 Å². The second-order valence-electron chi connectivity index (χ2n) is 3.17. The normalized spacial score (nSPS) is 10.1. The quantitative estimate of drug-likeness (QED) is 0.609. The van der Waals surface area contributed by atoms with Gasteiger partial charge in [0.15, 0.2) is 6.33 Å².